The first-order valence-corrected chi connectivity index (χ1v) is 8.45. The summed E-state index contributed by atoms with van der Waals surface area (Å²) in [6.07, 6.45) is 7.16. The maximum absolute atomic E-state index is 10.8. The first-order chi connectivity index (χ1) is 10.2. The van der Waals surface area contributed by atoms with Gasteiger partial charge in [-0.05, 0) is 44.2 Å². The molecule has 1 N–H and O–H groups in total. The fraction of sp³-hybridized carbons (Fsp3) is 0.562. The van der Waals surface area contributed by atoms with Crippen molar-refractivity contribution in [3.8, 4) is 5.75 Å². The normalized spacial score (nSPS) is 16.3. The molecule has 1 atom stereocenters. The number of nitrogens with zero attached hydrogens (tertiary/aromatic N) is 2. The van der Waals surface area contributed by atoms with E-state index in [0.29, 0.717) is 5.75 Å². The molecule has 0 amide bonds. The number of methoxy groups -OCH3 is 1. The van der Waals surface area contributed by atoms with E-state index in [9.17, 15) is 5.11 Å². The highest BCUT2D eigenvalue weighted by Gasteiger charge is 2.24. The number of hydrogen-bond donors (Lipinski definition) is 1. The van der Waals surface area contributed by atoms with Gasteiger partial charge in [0, 0.05) is 16.3 Å². The molecule has 4 nitrogen and oxygen atoms in total. The molecule has 2 aromatic heterocycles. The third-order valence-electron chi connectivity index (χ3n) is 4.16. The molecule has 1 unspecified atom stereocenters. The summed E-state index contributed by atoms with van der Waals surface area (Å²) in [6.45, 7) is 2.74. The van der Waals surface area contributed by atoms with Crippen LogP contribution in [-0.2, 0) is 19.4 Å². The van der Waals surface area contributed by atoms with Crippen molar-refractivity contribution in [2.24, 2.45) is 0 Å². The van der Waals surface area contributed by atoms with Gasteiger partial charge in [0.2, 0.25) is 0 Å². The Morgan fingerprint density at radius 2 is 2.19 bits per heavy atom. The fourth-order valence-corrected chi connectivity index (χ4v) is 4.27. The molecule has 3 rings (SSSR count). The van der Waals surface area contributed by atoms with E-state index in [0.717, 1.165) is 30.0 Å². The summed E-state index contributed by atoms with van der Waals surface area (Å²) in [6, 6.07) is 2.18. The molecule has 114 valence electrons. The minimum absolute atomic E-state index is 0.653. The summed E-state index contributed by atoms with van der Waals surface area (Å²) in [5.74, 6) is 0.660. The number of fused-ring (bicyclic) bond motifs is 1. The first kappa shape index (κ1) is 14.6. The van der Waals surface area contributed by atoms with Gasteiger partial charge in [0.1, 0.15) is 11.8 Å². The van der Waals surface area contributed by atoms with Crippen LogP contribution in [0.2, 0.25) is 0 Å². The number of hydrogen-bond acceptors (Lipinski definition) is 4. The number of rotatable bonds is 4. The predicted octanol–water partition coefficient (Wildman–Crippen LogP) is 3.32. The van der Waals surface area contributed by atoms with Gasteiger partial charge in [-0.15, -0.1) is 11.3 Å². The molecule has 0 bridgehead atoms. The van der Waals surface area contributed by atoms with Crippen molar-refractivity contribution >= 4 is 11.3 Å². The summed E-state index contributed by atoms with van der Waals surface area (Å²) in [4.78, 5) is 2.46. The third kappa shape index (κ3) is 2.72. The van der Waals surface area contributed by atoms with Crippen LogP contribution in [0.1, 0.15) is 53.3 Å². The van der Waals surface area contributed by atoms with Crippen LogP contribution in [0.4, 0.5) is 0 Å². The SMILES string of the molecule is CCn1ncc(OC)c1C(O)c1cc2c(s1)CCCCC2. The van der Waals surface area contributed by atoms with Crippen LogP contribution in [0.25, 0.3) is 0 Å². The highest BCUT2D eigenvalue weighted by Crippen LogP contribution is 2.37. The van der Waals surface area contributed by atoms with Crippen molar-refractivity contribution < 1.29 is 9.84 Å². The standard InChI is InChI=1S/C16H22N2O2S/c1-3-18-15(12(20-2)10-17-18)16(19)14-9-11-7-5-4-6-8-13(11)21-14/h9-10,16,19H,3-8H2,1-2H3. The average molecular weight is 306 g/mol. The van der Waals surface area contributed by atoms with Crippen LogP contribution >= 0.6 is 11.3 Å². The molecule has 21 heavy (non-hydrogen) atoms. The van der Waals surface area contributed by atoms with Crippen LogP contribution in [0, 0.1) is 0 Å². The van der Waals surface area contributed by atoms with Gasteiger partial charge in [0.15, 0.2) is 5.75 Å². The topological polar surface area (TPSA) is 47.3 Å². The summed E-state index contributed by atoms with van der Waals surface area (Å²) in [5.41, 5.74) is 2.18. The lowest BCUT2D eigenvalue weighted by atomic mass is 10.1. The number of thiophene rings is 1. The maximum Gasteiger partial charge on any atom is 0.163 e. The molecule has 0 fully saturated rings. The molecule has 2 aromatic rings. The van der Waals surface area contributed by atoms with Crippen LogP contribution in [0.15, 0.2) is 12.3 Å². The zero-order valence-corrected chi connectivity index (χ0v) is 13.4. The number of aliphatic hydroxyl groups is 1. The van der Waals surface area contributed by atoms with Crippen molar-refractivity contribution in [1.82, 2.24) is 9.78 Å². The van der Waals surface area contributed by atoms with Crippen LogP contribution in [-0.4, -0.2) is 22.0 Å². The monoisotopic (exact) mass is 306 g/mol. The van der Waals surface area contributed by atoms with E-state index < -0.39 is 6.10 Å². The van der Waals surface area contributed by atoms with E-state index >= 15 is 0 Å². The molecule has 0 saturated carbocycles. The average Bonchev–Trinajstić information content (AvgIpc) is 3.04. The second kappa shape index (κ2) is 6.20. The Balaban J connectivity index is 1.95. The lowest BCUT2D eigenvalue weighted by Crippen LogP contribution is -2.09. The number of aliphatic hydroxyl groups excluding tert-OH is 1. The lowest BCUT2D eigenvalue weighted by Gasteiger charge is -2.12. The van der Waals surface area contributed by atoms with Gasteiger partial charge in [-0.25, -0.2) is 0 Å². The second-order valence-electron chi connectivity index (χ2n) is 5.47. The highest BCUT2D eigenvalue weighted by atomic mass is 32.1. The summed E-state index contributed by atoms with van der Waals surface area (Å²) < 4.78 is 7.17. The van der Waals surface area contributed by atoms with E-state index in [1.807, 2.05) is 11.6 Å². The second-order valence-corrected chi connectivity index (χ2v) is 6.64. The summed E-state index contributed by atoms with van der Waals surface area (Å²) in [5, 5.41) is 15.1. The van der Waals surface area contributed by atoms with Gasteiger partial charge in [-0.1, -0.05) is 6.42 Å². The van der Waals surface area contributed by atoms with E-state index in [1.165, 1.54) is 29.7 Å². The molecular weight excluding hydrogens is 284 g/mol. The number of aromatic nitrogens is 2. The summed E-state index contributed by atoms with van der Waals surface area (Å²) in [7, 11) is 1.62. The van der Waals surface area contributed by atoms with Gasteiger partial charge in [-0.2, -0.15) is 5.10 Å². The molecule has 0 aliphatic heterocycles. The molecule has 0 aromatic carbocycles. The van der Waals surface area contributed by atoms with Crippen molar-refractivity contribution in [3.05, 3.63) is 33.3 Å². The Labute approximate surface area is 129 Å². The van der Waals surface area contributed by atoms with Gasteiger partial charge in [-0.3, -0.25) is 4.68 Å². The van der Waals surface area contributed by atoms with E-state index in [2.05, 4.69) is 11.2 Å². The quantitative estimate of drug-likeness (QED) is 0.881. The Kier molecular flexibility index (Phi) is 4.31. The zero-order valence-electron chi connectivity index (χ0n) is 12.6. The molecule has 2 heterocycles. The van der Waals surface area contributed by atoms with Gasteiger partial charge >= 0.3 is 0 Å². The molecule has 0 radical (unpaired) electrons. The van der Waals surface area contributed by atoms with Gasteiger partial charge < -0.3 is 9.84 Å². The lowest BCUT2D eigenvalue weighted by molar-refractivity contribution is 0.206. The predicted molar refractivity (Wildman–Crippen MR) is 84.1 cm³/mol. The first-order valence-electron chi connectivity index (χ1n) is 7.63. The number of aryl methyl sites for hydroxylation is 3. The maximum atomic E-state index is 10.8. The fourth-order valence-electron chi connectivity index (χ4n) is 3.02. The van der Waals surface area contributed by atoms with Crippen molar-refractivity contribution in [1.29, 1.82) is 0 Å². The smallest absolute Gasteiger partial charge is 0.163 e. The van der Waals surface area contributed by atoms with E-state index in [4.69, 9.17) is 4.74 Å². The minimum atomic E-state index is -0.653. The number of ether oxygens (including phenoxy) is 1. The van der Waals surface area contributed by atoms with E-state index in [-0.39, 0.29) is 0 Å². The van der Waals surface area contributed by atoms with Gasteiger partial charge in [0.05, 0.1) is 13.3 Å². The van der Waals surface area contributed by atoms with E-state index in [1.54, 1.807) is 24.6 Å². The minimum Gasteiger partial charge on any atom is -0.493 e. The Morgan fingerprint density at radius 3 is 2.95 bits per heavy atom. The molecule has 1 aliphatic rings. The van der Waals surface area contributed by atoms with Crippen LogP contribution in [0.5, 0.6) is 5.75 Å². The Bertz CT molecular complexity index is 573. The Hall–Kier alpha value is -1.33. The van der Waals surface area contributed by atoms with Gasteiger partial charge in [0.25, 0.3) is 0 Å². The van der Waals surface area contributed by atoms with Crippen LogP contribution < -0.4 is 4.74 Å². The zero-order chi connectivity index (χ0) is 14.8. The summed E-state index contributed by atoms with van der Waals surface area (Å²) >= 11 is 1.75. The molecule has 5 heteroatoms. The van der Waals surface area contributed by atoms with Crippen molar-refractivity contribution in [2.45, 2.75) is 51.7 Å². The third-order valence-corrected chi connectivity index (χ3v) is 5.45. The van der Waals surface area contributed by atoms with Crippen molar-refractivity contribution in [3.63, 3.8) is 0 Å². The Morgan fingerprint density at radius 1 is 1.38 bits per heavy atom. The molecule has 0 saturated heterocycles. The highest BCUT2D eigenvalue weighted by molar-refractivity contribution is 7.12. The van der Waals surface area contributed by atoms with Crippen molar-refractivity contribution in [2.75, 3.05) is 7.11 Å². The molecule has 0 spiro atoms. The van der Waals surface area contributed by atoms with Crippen LogP contribution in [0.3, 0.4) is 0 Å². The largest absolute Gasteiger partial charge is 0.493 e. The molecular formula is C16H22N2O2S. The molecule has 1 aliphatic carbocycles.